The number of aromatic nitrogens is 1. The van der Waals surface area contributed by atoms with Crippen molar-refractivity contribution in [2.45, 2.75) is 39.7 Å². The standard InChI is InChI=1S/C13H19N3O4/c1-9(2)15(8-4-5-13(17)18)12-7-6-11(16(19)20)10(3)14-12/h6-7,9H,4-5,8H2,1-3H3,(H,17,18). The molecule has 0 saturated carbocycles. The van der Waals surface area contributed by atoms with E-state index in [2.05, 4.69) is 4.98 Å². The van der Waals surface area contributed by atoms with Gasteiger partial charge in [0.1, 0.15) is 11.5 Å². The van der Waals surface area contributed by atoms with Crippen LogP contribution in [0.5, 0.6) is 0 Å². The molecule has 1 rings (SSSR count). The van der Waals surface area contributed by atoms with Crippen LogP contribution in [-0.4, -0.2) is 33.6 Å². The third kappa shape index (κ3) is 4.18. The number of aryl methyl sites for hydroxylation is 1. The molecular weight excluding hydrogens is 262 g/mol. The van der Waals surface area contributed by atoms with Crippen molar-refractivity contribution in [3.05, 3.63) is 27.9 Å². The Hall–Kier alpha value is -2.18. The minimum absolute atomic E-state index is 0.0111. The molecule has 0 aromatic carbocycles. The summed E-state index contributed by atoms with van der Waals surface area (Å²) in [5.74, 6) is -0.199. The first-order valence-electron chi connectivity index (χ1n) is 6.43. The zero-order valence-electron chi connectivity index (χ0n) is 11.9. The zero-order valence-corrected chi connectivity index (χ0v) is 11.9. The number of anilines is 1. The highest BCUT2D eigenvalue weighted by Gasteiger charge is 2.17. The van der Waals surface area contributed by atoms with E-state index in [-0.39, 0.29) is 18.2 Å². The fourth-order valence-electron chi connectivity index (χ4n) is 1.93. The Morgan fingerprint density at radius 1 is 1.50 bits per heavy atom. The molecule has 0 spiro atoms. The molecule has 1 heterocycles. The number of hydrogen-bond donors (Lipinski definition) is 1. The van der Waals surface area contributed by atoms with Gasteiger partial charge in [0.25, 0.3) is 5.69 Å². The van der Waals surface area contributed by atoms with Gasteiger partial charge in [0.2, 0.25) is 0 Å². The molecule has 1 N–H and O–H groups in total. The average molecular weight is 281 g/mol. The van der Waals surface area contributed by atoms with E-state index in [1.54, 1.807) is 13.0 Å². The first-order chi connectivity index (χ1) is 9.32. The molecule has 0 saturated heterocycles. The lowest BCUT2D eigenvalue weighted by atomic mass is 10.2. The maximum Gasteiger partial charge on any atom is 0.303 e. The molecule has 0 aliphatic carbocycles. The predicted octanol–water partition coefficient (Wildman–Crippen LogP) is 2.38. The van der Waals surface area contributed by atoms with Crippen molar-refractivity contribution < 1.29 is 14.8 Å². The molecule has 1 aromatic heterocycles. The number of pyridine rings is 1. The van der Waals surface area contributed by atoms with Crippen molar-refractivity contribution >= 4 is 17.5 Å². The van der Waals surface area contributed by atoms with Crippen LogP contribution in [-0.2, 0) is 4.79 Å². The van der Waals surface area contributed by atoms with Gasteiger partial charge in [-0.3, -0.25) is 14.9 Å². The molecule has 7 heteroatoms. The fraction of sp³-hybridized carbons (Fsp3) is 0.538. The highest BCUT2D eigenvalue weighted by Crippen LogP contribution is 2.22. The largest absolute Gasteiger partial charge is 0.481 e. The second-order valence-electron chi connectivity index (χ2n) is 4.82. The van der Waals surface area contributed by atoms with Crippen molar-refractivity contribution in [1.29, 1.82) is 0 Å². The van der Waals surface area contributed by atoms with Crippen LogP contribution >= 0.6 is 0 Å². The van der Waals surface area contributed by atoms with E-state index < -0.39 is 10.9 Å². The number of hydrogen-bond acceptors (Lipinski definition) is 5. The van der Waals surface area contributed by atoms with Crippen LogP contribution in [0.4, 0.5) is 11.5 Å². The second-order valence-corrected chi connectivity index (χ2v) is 4.82. The lowest BCUT2D eigenvalue weighted by molar-refractivity contribution is -0.385. The zero-order chi connectivity index (χ0) is 15.3. The predicted molar refractivity (Wildman–Crippen MR) is 75.0 cm³/mol. The summed E-state index contributed by atoms with van der Waals surface area (Å²) >= 11 is 0. The molecule has 0 fully saturated rings. The summed E-state index contributed by atoms with van der Waals surface area (Å²) in [5.41, 5.74) is 0.347. The van der Waals surface area contributed by atoms with Gasteiger partial charge < -0.3 is 10.0 Å². The van der Waals surface area contributed by atoms with Crippen molar-refractivity contribution in [2.75, 3.05) is 11.4 Å². The number of carbonyl (C=O) groups is 1. The molecule has 7 nitrogen and oxygen atoms in total. The minimum Gasteiger partial charge on any atom is -0.481 e. The number of aliphatic carboxylic acids is 1. The lowest BCUT2D eigenvalue weighted by Crippen LogP contribution is -2.32. The molecule has 0 unspecified atom stereocenters. The van der Waals surface area contributed by atoms with Crippen LogP contribution in [0.2, 0.25) is 0 Å². The monoisotopic (exact) mass is 281 g/mol. The molecule has 0 bridgehead atoms. The first-order valence-corrected chi connectivity index (χ1v) is 6.43. The highest BCUT2D eigenvalue weighted by molar-refractivity contribution is 5.66. The first kappa shape index (κ1) is 15.9. The maximum atomic E-state index is 10.8. The number of carboxylic acids is 1. The molecule has 1 aromatic rings. The van der Waals surface area contributed by atoms with E-state index in [4.69, 9.17) is 5.11 Å². The van der Waals surface area contributed by atoms with E-state index >= 15 is 0 Å². The van der Waals surface area contributed by atoms with E-state index in [1.165, 1.54) is 6.07 Å². The van der Waals surface area contributed by atoms with E-state index in [1.807, 2.05) is 18.7 Å². The maximum absolute atomic E-state index is 10.8. The molecule has 0 aliphatic rings. The topological polar surface area (TPSA) is 96.6 Å². The van der Waals surface area contributed by atoms with Gasteiger partial charge in [-0.1, -0.05) is 0 Å². The molecule has 0 aliphatic heterocycles. The quantitative estimate of drug-likeness (QED) is 0.608. The average Bonchev–Trinajstić information content (AvgIpc) is 2.33. The van der Waals surface area contributed by atoms with Gasteiger partial charge in [0.15, 0.2) is 0 Å². The van der Waals surface area contributed by atoms with Gasteiger partial charge in [-0.25, -0.2) is 4.98 Å². The fourth-order valence-corrected chi connectivity index (χ4v) is 1.93. The summed E-state index contributed by atoms with van der Waals surface area (Å²) in [7, 11) is 0. The van der Waals surface area contributed by atoms with Gasteiger partial charge >= 0.3 is 5.97 Å². The summed E-state index contributed by atoms with van der Waals surface area (Å²) in [5, 5.41) is 19.4. The van der Waals surface area contributed by atoms with Crippen molar-refractivity contribution in [3.63, 3.8) is 0 Å². The number of nitro groups is 1. The van der Waals surface area contributed by atoms with Crippen LogP contribution < -0.4 is 4.90 Å². The van der Waals surface area contributed by atoms with Gasteiger partial charge in [0, 0.05) is 25.1 Å². The van der Waals surface area contributed by atoms with E-state index in [9.17, 15) is 14.9 Å². The number of rotatable bonds is 7. The third-order valence-corrected chi connectivity index (χ3v) is 2.95. The summed E-state index contributed by atoms with van der Waals surface area (Å²) < 4.78 is 0. The van der Waals surface area contributed by atoms with Crippen LogP contribution in [0.1, 0.15) is 32.4 Å². The van der Waals surface area contributed by atoms with E-state index in [0.29, 0.717) is 24.5 Å². The number of nitrogens with zero attached hydrogens (tertiary/aromatic N) is 3. The molecular formula is C13H19N3O4. The van der Waals surface area contributed by atoms with E-state index in [0.717, 1.165) is 0 Å². The molecule has 0 atom stereocenters. The normalized spacial score (nSPS) is 10.6. The van der Waals surface area contributed by atoms with Crippen LogP contribution in [0, 0.1) is 17.0 Å². The SMILES string of the molecule is Cc1nc(N(CCCC(=O)O)C(C)C)ccc1[N+](=O)[O-]. The smallest absolute Gasteiger partial charge is 0.303 e. The Morgan fingerprint density at radius 2 is 2.15 bits per heavy atom. The third-order valence-electron chi connectivity index (χ3n) is 2.95. The number of carboxylic acid groups (broad SMARTS) is 1. The Labute approximate surface area is 117 Å². The van der Waals surface area contributed by atoms with Gasteiger partial charge in [-0.2, -0.15) is 0 Å². The van der Waals surface area contributed by atoms with Crippen LogP contribution in [0.25, 0.3) is 0 Å². The van der Waals surface area contributed by atoms with Crippen molar-refractivity contribution in [2.24, 2.45) is 0 Å². The van der Waals surface area contributed by atoms with Crippen LogP contribution in [0.15, 0.2) is 12.1 Å². The molecule has 0 radical (unpaired) electrons. The highest BCUT2D eigenvalue weighted by atomic mass is 16.6. The Balaban J connectivity index is 2.89. The summed E-state index contributed by atoms with van der Waals surface area (Å²) in [6, 6.07) is 3.17. The summed E-state index contributed by atoms with van der Waals surface area (Å²) in [6.07, 6.45) is 0.598. The molecule has 0 amide bonds. The Morgan fingerprint density at radius 3 is 2.60 bits per heavy atom. The molecule has 110 valence electrons. The Bertz CT molecular complexity index is 502. The summed E-state index contributed by atoms with van der Waals surface area (Å²) in [6.45, 7) is 6.09. The van der Waals surface area contributed by atoms with Gasteiger partial charge in [-0.05, 0) is 33.3 Å². The van der Waals surface area contributed by atoms with Gasteiger partial charge in [-0.15, -0.1) is 0 Å². The summed E-state index contributed by atoms with van der Waals surface area (Å²) in [4.78, 5) is 27.1. The van der Waals surface area contributed by atoms with Crippen molar-refractivity contribution in [3.8, 4) is 0 Å². The van der Waals surface area contributed by atoms with Gasteiger partial charge in [0.05, 0.1) is 4.92 Å². The second kappa shape index (κ2) is 6.83. The minimum atomic E-state index is -0.832. The Kier molecular flexibility index (Phi) is 5.42. The lowest BCUT2D eigenvalue weighted by Gasteiger charge is -2.27. The van der Waals surface area contributed by atoms with Crippen LogP contribution in [0.3, 0.4) is 0 Å². The van der Waals surface area contributed by atoms with Crippen molar-refractivity contribution in [1.82, 2.24) is 4.98 Å². The molecule has 20 heavy (non-hydrogen) atoms.